The van der Waals surface area contributed by atoms with Crippen molar-refractivity contribution in [1.82, 2.24) is 19.7 Å². The second kappa shape index (κ2) is 10.6. The van der Waals surface area contributed by atoms with Crippen LogP contribution in [0.15, 0.2) is 85.1 Å². The molecule has 0 radical (unpaired) electrons. The second-order valence-electron chi connectivity index (χ2n) is 9.60. The van der Waals surface area contributed by atoms with Gasteiger partial charge in [-0.15, -0.1) is 0 Å². The maximum Gasteiger partial charge on any atom is 0.512 e. The van der Waals surface area contributed by atoms with Crippen molar-refractivity contribution >= 4 is 27.8 Å². The summed E-state index contributed by atoms with van der Waals surface area (Å²) < 4.78 is 13.2. The summed E-state index contributed by atoms with van der Waals surface area (Å²) in [4.78, 5) is 19.3. The summed E-state index contributed by atoms with van der Waals surface area (Å²) in [6, 6.07) is 25.8. The highest BCUT2D eigenvalue weighted by Gasteiger charge is 2.22. The summed E-state index contributed by atoms with van der Waals surface area (Å²) in [5, 5.41) is 17.3. The molecule has 0 aliphatic rings. The van der Waals surface area contributed by atoms with Crippen LogP contribution in [0.4, 0.5) is 4.79 Å². The average Bonchev–Trinajstić information content (AvgIpc) is 3.46. The molecule has 0 saturated heterocycles. The molecule has 40 heavy (non-hydrogen) atoms. The fourth-order valence-electron chi connectivity index (χ4n) is 5.37. The van der Waals surface area contributed by atoms with Gasteiger partial charge in [0.1, 0.15) is 5.75 Å². The maximum atomic E-state index is 11.6. The number of nitrogens with one attached hydrogen (secondary N) is 1. The van der Waals surface area contributed by atoms with Gasteiger partial charge in [-0.2, -0.15) is 5.10 Å². The first-order valence-corrected chi connectivity index (χ1v) is 13.1. The smallest absolute Gasteiger partial charge is 0.493 e. The van der Waals surface area contributed by atoms with E-state index in [1.807, 2.05) is 85.3 Å². The van der Waals surface area contributed by atoms with Crippen molar-refractivity contribution in [2.24, 2.45) is 0 Å². The number of hydrogen-bond acceptors (Lipinski definition) is 5. The molecule has 0 amide bonds. The quantitative estimate of drug-likeness (QED) is 0.158. The maximum absolute atomic E-state index is 11.6. The lowest BCUT2D eigenvalue weighted by Crippen LogP contribution is -2.06. The van der Waals surface area contributed by atoms with Gasteiger partial charge in [-0.1, -0.05) is 60.7 Å². The molecule has 3 aromatic carbocycles. The molecule has 200 valence electrons. The fraction of sp³-hybridized carbons (Fsp3) is 0.156. The predicted molar refractivity (Wildman–Crippen MR) is 155 cm³/mol. The third kappa shape index (κ3) is 4.64. The van der Waals surface area contributed by atoms with Crippen molar-refractivity contribution in [2.45, 2.75) is 26.7 Å². The molecule has 0 spiro atoms. The molecule has 3 heterocycles. The van der Waals surface area contributed by atoms with Crippen molar-refractivity contribution in [3.63, 3.8) is 0 Å². The number of aromatic nitrogens is 4. The first kappa shape index (κ1) is 25.2. The molecule has 0 fully saturated rings. The summed E-state index contributed by atoms with van der Waals surface area (Å²) in [5.41, 5.74) is 5.26. The van der Waals surface area contributed by atoms with Gasteiger partial charge in [-0.25, -0.2) is 14.5 Å². The van der Waals surface area contributed by atoms with Crippen LogP contribution in [0.2, 0.25) is 0 Å². The minimum Gasteiger partial charge on any atom is -0.493 e. The first-order valence-electron chi connectivity index (χ1n) is 13.1. The number of ether oxygens (including phenoxy) is 2. The van der Waals surface area contributed by atoms with Crippen molar-refractivity contribution in [3.8, 4) is 28.6 Å². The van der Waals surface area contributed by atoms with Gasteiger partial charge >= 0.3 is 6.16 Å². The van der Waals surface area contributed by atoms with Crippen molar-refractivity contribution in [2.75, 3.05) is 6.61 Å². The van der Waals surface area contributed by atoms with E-state index in [-0.39, 0.29) is 5.88 Å². The Balaban J connectivity index is 1.32. The highest BCUT2D eigenvalue weighted by atomic mass is 16.7. The Morgan fingerprint density at radius 2 is 1.73 bits per heavy atom. The van der Waals surface area contributed by atoms with Gasteiger partial charge in [0.15, 0.2) is 5.82 Å². The van der Waals surface area contributed by atoms with Gasteiger partial charge in [0.05, 0.1) is 23.5 Å². The van der Waals surface area contributed by atoms with E-state index in [1.54, 1.807) is 6.20 Å². The van der Waals surface area contributed by atoms with E-state index in [0.717, 1.165) is 61.3 Å². The molecule has 0 atom stereocenters. The third-order valence-corrected chi connectivity index (χ3v) is 7.10. The van der Waals surface area contributed by atoms with Crippen LogP contribution >= 0.6 is 0 Å². The van der Waals surface area contributed by atoms with Crippen LogP contribution < -0.4 is 9.47 Å². The molecule has 0 aliphatic heterocycles. The standard InChI is InChI=1S/C32H28N4O4/c1-20-29(21(2)36(35-20)28-17-5-6-18-33-28)26-14-8-13-24-25(31(34-30(24)26)40-32(37)38)15-9-19-39-27-16-7-11-22-10-3-4-12-23(22)27/h3-8,10-14,16-18,34H,9,15,19H2,1-2H3,(H,37,38). The van der Waals surface area contributed by atoms with Crippen molar-refractivity contribution in [1.29, 1.82) is 0 Å². The summed E-state index contributed by atoms with van der Waals surface area (Å²) in [6.45, 7) is 4.44. The number of nitrogens with zero attached hydrogens (tertiary/aromatic N) is 3. The minimum atomic E-state index is -1.36. The monoisotopic (exact) mass is 532 g/mol. The third-order valence-electron chi connectivity index (χ3n) is 7.10. The first-order chi connectivity index (χ1) is 19.5. The summed E-state index contributed by atoms with van der Waals surface area (Å²) in [5.74, 6) is 1.79. The van der Waals surface area contributed by atoms with Crippen LogP contribution in [0, 0.1) is 13.8 Å². The van der Waals surface area contributed by atoms with Crippen LogP contribution in [0.3, 0.4) is 0 Å². The molecule has 0 aliphatic carbocycles. The zero-order chi connectivity index (χ0) is 27.6. The van der Waals surface area contributed by atoms with Gasteiger partial charge in [0.2, 0.25) is 5.88 Å². The van der Waals surface area contributed by atoms with Gasteiger partial charge in [-0.05, 0) is 50.3 Å². The molecule has 6 aromatic rings. The molecule has 2 N–H and O–H groups in total. The van der Waals surface area contributed by atoms with Gasteiger partial charge < -0.3 is 19.6 Å². The normalized spacial score (nSPS) is 11.2. The van der Waals surface area contributed by atoms with E-state index < -0.39 is 6.16 Å². The topological polar surface area (TPSA) is 102 Å². The highest BCUT2D eigenvalue weighted by molar-refractivity contribution is 5.99. The zero-order valence-electron chi connectivity index (χ0n) is 22.2. The lowest BCUT2D eigenvalue weighted by Gasteiger charge is -2.10. The van der Waals surface area contributed by atoms with Crippen LogP contribution in [-0.2, 0) is 6.42 Å². The van der Waals surface area contributed by atoms with E-state index in [9.17, 15) is 9.90 Å². The molecular weight excluding hydrogens is 504 g/mol. The molecule has 0 saturated carbocycles. The van der Waals surface area contributed by atoms with Gasteiger partial charge in [0.25, 0.3) is 0 Å². The number of aryl methyl sites for hydroxylation is 2. The average molecular weight is 533 g/mol. The number of para-hydroxylation sites is 1. The van der Waals surface area contributed by atoms with Crippen LogP contribution in [0.1, 0.15) is 23.4 Å². The fourth-order valence-corrected chi connectivity index (χ4v) is 5.37. The molecule has 0 bridgehead atoms. The Kier molecular flexibility index (Phi) is 6.66. The molecule has 3 aromatic heterocycles. The number of carbonyl (C=O) groups is 1. The van der Waals surface area contributed by atoms with E-state index in [4.69, 9.17) is 14.6 Å². The number of aromatic amines is 1. The Morgan fingerprint density at radius 3 is 2.55 bits per heavy atom. The number of pyridine rings is 1. The highest BCUT2D eigenvalue weighted by Crippen LogP contribution is 2.38. The number of fused-ring (bicyclic) bond motifs is 2. The number of H-pyrrole nitrogens is 1. The molecule has 8 nitrogen and oxygen atoms in total. The summed E-state index contributed by atoms with van der Waals surface area (Å²) >= 11 is 0. The molecule has 6 rings (SSSR count). The van der Waals surface area contributed by atoms with Crippen molar-refractivity contribution in [3.05, 3.63) is 102 Å². The van der Waals surface area contributed by atoms with Gasteiger partial charge in [-0.3, -0.25) is 0 Å². The Labute approximate surface area is 230 Å². The largest absolute Gasteiger partial charge is 0.512 e. The van der Waals surface area contributed by atoms with E-state index in [2.05, 4.69) is 22.1 Å². The predicted octanol–water partition coefficient (Wildman–Crippen LogP) is 7.25. The van der Waals surface area contributed by atoms with Crippen LogP contribution in [-0.4, -0.2) is 37.6 Å². The van der Waals surface area contributed by atoms with Crippen LogP contribution in [0.25, 0.3) is 38.6 Å². The SMILES string of the molecule is Cc1nn(-c2ccccn2)c(C)c1-c1cccc2c(CCCOc3cccc4ccccc34)c(OC(=O)O)[nH]c12. The number of benzene rings is 3. The molecule has 0 unspecified atom stereocenters. The minimum absolute atomic E-state index is 0.229. The Bertz CT molecular complexity index is 1830. The number of hydrogen-bond donors (Lipinski definition) is 2. The second-order valence-corrected chi connectivity index (χ2v) is 9.60. The number of rotatable bonds is 8. The molecular formula is C32H28N4O4. The van der Waals surface area contributed by atoms with E-state index in [0.29, 0.717) is 19.4 Å². The lowest BCUT2D eigenvalue weighted by atomic mass is 9.99. The van der Waals surface area contributed by atoms with Gasteiger partial charge in [0, 0.05) is 33.7 Å². The Morgan fingerprint density at radius 1 is 0.950 bits per heavy atom. The van der Waals surface area contributed by atoms with Crippen LogP contribution in [0.5, 0.6) is 11.6 Å². The van der Waals surface area contributed by atoms with E-state index in [1.165, 1.54) is 0 Å². The summed E-state index contributed by atoms with van der Waals surface area (Å²) in [6.07, 6.45) is 1.62. The summed E-state index contributed by atoms with van der Waals surface area (Å²) in [7, 11) is 0. The van der Waals surface area contributed by atoms with E-state index >= 15 is 0 Å². The lowest BCUT2D eigenvalue weighted by molar-refractivity contribution is 0.142. The molecule has 8 heteroatoms. The zero-order valence-corrected chi connectivity index (χ0v) is 22.2. The number of carboxylic acid groups (broad SMARTS) is 1. The Hall–Kier alpha value is -5.11. The van der Waals surface area contributed by atoms with Crippen molar-refractivity contribution < 1.29 is 19.4 Å².